The van der Waals surface area contributed by atoms with Crippen molar-refractivity contribution in [3.63, 3.8) is 0 Å². The second-order valence-corrected chi connectivity index (χ2v) is 4.47. The monoisotopic (exact) mass is 258 g/mol. The van der Waals surface area contributed by atoms with E-state index in [1.165, 1.54) is 0 Å². The highest BCUT2D eigenvalue weighted by Gasteiger charge is 2.15. The number of carboxylic acids is 1. The van der Waals surface area contributed by atoms with Crippen molar-refractivity contribution in [3.05, 3.63) is 54.3 Å². The first-order valence-corrected chi connectivity index (χ1v) is 6.29. The maximum absolute atomic E-state index is 11.0. The molecule has 1 atom stereocenters. The van der Waals surface area contributed by atoms with Crippen LogP contribution in [0.1, 0.15) is 5.56 Å². The van der Waals surface area contributed by atoms with Gasteiger partial charge in [-0.3, -0.25) is 4.79 Å². The zero-order valence-corrected chi connectivity index (χ0v) is 10.9. The van der Waals surface area contributed by atoms with Gasteiger partial charge in [0.15, 0.2) is 0 Å². The van der Waals surface area contributed by atoms with Crippen molar-refractivity contribution in [1.29, 1.82) is 0 Å². The second kappa shape index (κ2) is 6.20. The summed E-state index contributed by atoms with van der Waals surface area (Å²) in [7, 11) is 1.66. The average Bonchev–Trinajstić information content (AvgIpc) is 2.46. The van der Waals surface area contributed by atoms with E-state index >= 15 is 0 Å². The predicted octanol–water partition coefficient (Wildman–Crippen LogP) is 1.79. The number of rotatable bonds is 5. The Morgan fingerprint density at radius 2 is 2.11 bits per heavy atom. The van der Waals surface area contributed by atoms with Gasteiger partial charge >= 0.3 is 5.97 Å². The summed E-state index contributed by atoms with van der Waals surface area (Å²) in [5.41, 5.74) is 2.13. The van der Waals surface area contributed by atoms with Crippen molar-refractivity contribution in [3.8, 4) is 0 Å². The number of nitrogens with zero attached hydrogens (tertiary/aromatic N) is 1. The van der Waals surface area contributed by atoms with Crippen LogP contribution >= 0.6 is 0 Å². The third-order valence-electron chi connectivity index (χ3n) is 3.17. The predicted molar refractivity (Wildman–Crippen MR) is 76.3 cm³/mol. The summed E-state index contributed by atoms with van der Waals surface area (Å²) in [6.07, 6.45) is 8.63. The standard InChI is InChI=1S/C15H18N2O2/c1-16-14(15(18)19)11-12-5-7-13(8-6-12)17-9-3-2-4-10-17/h2-9,14,16H,10-11H2,1H3,(H,18,19)/t14-/m0/s1. The zero-order valence-electron chi connectivity index (χ0n) is 10.9. The van der Waals surface area contributed by atoms with E-state index in [9.17, 15) is 4.79 Å². The average molecular weight is 258 g/mol. The number of aliphatic carboxylic acids is 1. The van der Waals surface area contributed by atoms with Crippen LogP contribution in [0.4, 0.5) is 5.69 Å². The molecule has 0 saturated carbocycles. The number of benzene rings is 1. The molecule has 0 spiro atoms. The van der Waals surface area contributed by atoms with Crippen LogP contribution < -0.4 is 10.2 Å². The molecule has 1 aliphatic rings. The van der Waals surface area contributed by atoms with E-state index in [1.54, 1.807) is 7.05 Å². The Labute approximate surface area is 113 Å². The van der Waals surface area contributed by atoms with Crippen LogP contribution in [0.5, 0.6) is 0 Å². The molecule has 0 unspecified atom stereocenters. The van der Waals surface area contributed by atoms with Crippen LogP contribution in [0.2, 0.25) is 0 Å². The van der Waals surface area contributed by atoms with E-state index in [0.717, 1.165) is 17.8 Å². The largest absolute Gasteiger partial charge is 0.480 e. The third kappa shape index (κ3) is 3.45. The molecule has 19 heavy (non-hydrogen) atoms. The first-order valence-electron chi connectivity index (χ1n) is 6.29. The highest BCUT2D eigenvalue weighted by Crippen LogP contribution is 2.18. The first-order chi connectivity index (χ1) is 9.20. The molecule has 2 N–H and O–H groups in total. The SMILES string of the molecule is CN[C@@H](Cc1ccc(N2C=CC=CC2)cc1)C(=O)O. The minimum Gasteiger partial charge on any atom is -0.480 e. The molecule has 4 heteroatoms. The molecule has 1 heterocycles. The molecule has 1 aromatic rings. The van der Waals surface area contributed by atoms with Gasteiger partial charge in [-0.25, -0.2) is 0 Å². The molecule has 100 valence electrons. The summed E-state index contributed by atoms with van der Waals surface area (Å²) < 4.78 is 0. The molecule has 0 bridgehead atoms. The number of carbonyl (C=O) groups is 1. The van der Waals surface area contributed by atoms with Crippen molar-refractivity contribution < 1.29 is 9.90 Å². The van der Waals surface area contributed by atoms with Gasteiger partial charge in [-0.15, -0.1) is 0 Å². The minimum absolute atomic E-state index is 0.488. The molecule has 1 aliphatic heterocycles. The third-order valence-corrected chi connectivity index (χ3v) is 3.17. The Morgan fingerprint density at radius 1 is 1.37 bits per heavy atom. The van der Waals surface area contributed by atoms with Gasteiger partial charge < -0.3 is 15.3 Å². The lowest BCUT2D eigenvalue weighted by atomic mass is 10.1. The van der Waals surface area contributed by atoms with E-state index < -0.39 is 12.0 Å². The Bertz CT molecular complexity index is 491. The summed E-state index contributed by atoms with van der Waals surface area (Å²) in [5, 5.41) is 11.8. The molecule has 0 aliphatic carbocycles. The lowest BCUT2D eigenvalue weighted by Crippen LogP contribution is -2.35. The molecule has 2 rings (SSSR count). The van der Waals surface area contributed by atoms with Crippen LogP contribution in [0.15, 0.2) is 48.7 Å². The van der Waals surface area contributed by atoms with Crippen LogP contribution in [-0.2, 0) is 11.2 Å². The molecule has 0 saturated heterocycles. The zero-order chi connectivity index (χ0) is 13.7. The van der Waals surface area contributed by atoms with Gasteiger partial charge in [-0.1, -0.05) is 24.3 Å². The Kier molecular flexibility index (Phi) is 4.36. The summed E-state index contributed by atoms with van der Waals surface area (Å²) in [4.78, 5) is 13.1. The highest BCUT2D eigenvalue weighted by atomic mass is 16.4. The molecular weight excluding hydrogens is 240 g/mol. The number of carboxylic acid groups (broad SMARTS) is 1. The van der Waals surface area contributed by atoms with E-state index in [-0.39, 0.29) is 0 Å². The number of hydrogen-bond acceptors (Lipinski definition) is 3. The lowest BCUT2D eigenvalue weighted by molar-refractivity contribution is -0.139. The molecule has 0 radical (unpaired) electrons. The van der Waals surface area contributed by atoms with Crippen LogP contribution in [0.3, 0.4) is 0 Å². The van der Waals surface area contributed by atoms with Gasteiger partial charge in [0.05, 0.1) is 0 Å². The molecule has 0 amide bonds. The van der Waals surface area contributed by atoms with E-state index in [0.29, 0.717) is 6.42 Å². The molecular formula is C15H18N2O2. The first kappa shape index (κ1) is 13.4. The Hall–Kier alpha value is -2.07. The Balaban J connectivity index is 2.04. The second-order valence-electron chi connectivity index (χ2n) is 4.47. The van der Waals surface area contributed by atoms with Gasteiger partial charge in [0, 0.05) is 18.4 Å². The van der Waals surface area contributed by atoms with Gasteiger partial charge in [0.2, 0.25) is 0 Å². The fraction of sp³-hybridized carbons (Fsp3) is 0.267. The van der Waals surface area contributed by atoms with Crippen molar-refractivity contribution in [1.82, 2.24) is 5.32 Å². The molecule has 1 aromatic carbocycles. The minimum atomic E-state index is -0.823. The lowest BCUT2D eigenvalue weighted by Gasteiger charge is -2.21. The van der Waals surface area contributed by atoms with Crippen LogP contribution in [0.25, 0.3) is 0 Å². The number of likely N-dealkylation sites (N-methyl/N-ethyl adjacent to an activating group) is 1. The Morgan fingerprint density at radius 3 is 2.63 bits per heavy atom. The van der Waals surface area contributed by atoms with E-state index in [4.69, 9.17) is 5.11 Å². The number of allylic oxidation sites excluding steroid dienone is 2. The summed E-state index contributed by atoms with van der Waals surface area (Å²) in [6, 6.07) is 7.47. The number of anilines is 1. The highest BCUT2D eigenvalue weighted by molar-refractivity contribution is 5.73. The molecule has 0 aromatic heterocycles. The van der Waals surface area contributed by atoms with Gasteiger partial charge in [-0.2, -0.15) is 0 Å². The molecule has 4 nitrogen and oxygen atoms in total. The fourth-order valence-corrected chi connectivity index (χ4v) is 2.03. The fourth-order valence-electron chi connectivity index (χ4n) is 2.03. The normalized spacial score (nSPS) is 15.5. The van der Waals surface area contributed by atoms with Gasteiger partial charge in [0.25, 0.3) is 0 Å². The maximum Gasteiger partial charge on any atom is 0.321 e. The smallest absolute Gasteiger partial charge is 0.321 e. The van der Waals surface area contributed by atoms with Crippen molar-refractivity contribution in [2.24, 2.45) is 0 Å². The topological polar surface area (TPSA) is 52.6 Å². The van der Waals surface area contributed by atoms with E-state index in [1.807, 2.05) is 42.6 Å². The quantitative estimate of drug-likeness (QED) is 0.845. The van der Waals surface area contributed by atoms with Crippen molar-refractivity contribution in [2.75, 3.05) is 18.5 Å². The van der Waals surface area contributed by atoms with Crippen LogP contribution in [-0.4, -0.2) is 30.7 Å². The van der Waals surface area contributed by atoms with Crippen LogP contribution in [0, 0.1) is 0 Å². The maximum atomic E-state index is 11.0. The number of hydrogen-bond donors (Lipinski definition) is 2. The summed E-state index contributed by atoms with van der Waals surface area (Å²) in [5.74, 6) is -0.823. The van der Waals surface area contributed by atoms with E-state index in [2.05, 4.69) is 16.3 Å². The molecule has 0 fully saturated rings. The summed E-state index contributed by atoms with van der Waals surface area (Å²) in [6.45, 7) is 0.865. The van der Waals surface area contributed by atoms with Gasteiger partial charge in [0.1, 0.15) is 6.04 Å². The van der Waals surface area contributed by atoms with Gasteiger partial charge in [-0.05, 0) is 37.2 Å². The number of nitrogens with one attached hydrogen (secondary N) is 1. The summed E-state index contributed by atoms with van der Waals surface area (Å²) >= 11 is 0. The van der Waals surface area contributed by atoms with Crippen molar-refractivity contribution >= 4 is 11.7 Å². The van der Waals surface area contributed by atoms with Crippen molar-refractivity contribution in [2.45, 2.75) is 12.5 Å².